The van der Waals surface area contributed by atoms with Gasteiger partial charge in [0.05, 0.1) is 19.2 Å². The van der Waals surface area contributed by atoms with Crippen molar-refractivity contribution in [2.24, 2.45) is 0 Å². The normalized spacial score (nSPS) is 24.1. The van der Waals surface area contributed by atoms with Crippen LogP contribution in [0.3, 0.4) is 0 Å². The van der Waals surface area contributed by atoms with Crippen LogP contribution >= 0.6 is 11.8 Å². The Kier molecular flexibility index (Phi) is 5.45. The average molecular weight is 346 g/mol. The van der Waals surface area contributed by atoms with Gasteiger partial charge in [0, 0.05) is 23.6 Å². The number of thioether (sulfide) groups is 1. The van der Waals surface area contributed by atoms with Gasteiger partial charge in [0.1, 0.15) is 0 Å². The first-order chi connectivity index (χ1) is 11.7. The number of carbonyl (C=O) groups excluding carboxylic acids is 2. The molecule has 24 heavy (non-hydrogen) atoms. The predicted molar refractivity (Wildman–Crippen MR) is 94.5 cm³/mol. The molecule has 3 rings (SSSR count). The van der Waals surface area contributed by atoms with Gasteiger partial charge < -0.3 is 15.0 Å². The summed E-state index contributed by atoms with van der Waals surface area (Å²) in [5, 5.41) is 3.09. The molecule has 2 heterocycles. The van der Waals surface area contributed by atoms with Crippen molar-refractivity contribution in [3.05, 3.63) is 46.9 Å². The number of benzene rings is 1. The van der Waals surface area contributed by atoms with Crippen molar-refractivity contribution in [2.75, 3.05) is 12.9 Å². The third kappa shape index (κ3) is 3.75. The molecule has 0 saturated carbocycles. The van der Waals surface area contributed by atoms with Crippen LogP contribution < -0.4 is 5.32 Å². The summed E-state index contributed by atoms with van der Waals surface area (Å²) in [6.45, 7) is 0.619. The monoisotopic (exact) mass is 346 g/mol. The number of rotatable bonds is 6. The van der Waals surface area contributed by atoms with Gasteiger partial charge in [-0.1, -0.05) is 36.4 Å². The van der Waals surface area contributed by atoms with Gasteiger partial charge in [0.25, 0.3) is 0 Å². The molecule has 0 aliphatic carbocycles. The van der Waals surface area contributed by atoms with Crippen LogP contribution in [0.4, 0.5) is 4.79 Å². The molecule has 1 aromatic rings. The molecular weight excluding hydrogens is 324 g/mol. The van der Waals surface area contributed by atoms with Crippen LogP contribution in [0.15, 0.2) is 41.3 Å². The number of nitrogens with one attached hydrogen (secondary N) is 1. The number of unbranched alkanes of at least 4 members (excludes halogenated alkanes) is 1. The first-order valence-corrected chi connectivity index (χ1v) is 9.18. The molecule has 2 aliphatic rings. The lowest BCUT2D eigenvalue weighted by atomic mass is 10.1. The fourth-order valence-corrected chi connectivity index (χ4v) is 4.48. The number of nitrogens with zero attached hydrogens (tertiary/aromatic N) is 1. The van der Waals surface area contributed by atoms with Crippen LogP contribution in [0.1, 0.15) is 24.8 Å². The molecule has 0 radical (unpaired) electrons. The Hall–Kier alpha value is -1.95. The maximum atomic E-state index is 12.3. The van der Waals surface area contributed by atoms with Gasteiger partial charge >= 0.3 is 12.0 Å². The summed E-state index contributed by atoms with van der Waals surface area (Å²) < 4.78 is 4.66. The van der Waals surface area contributed by atoms with Crippen molar-refractivity contribution in [2.45, 2.75) is 37.9 Å². The minimum absolute atomic E-state index is 0.00890. The van der Waals surface area contributed by atoms with E-state index >= 15 is 0 Å². The molecule has 2 aliphatic heterocycles. The summed E-state index contributed by atoms with van der Waals surface area (Å²) in [5.41, 5.74) is 1.13. The van der Waals surface area contributed by atoms with Gasteiger partial charge in [0.15, 0.2) is 0 Å². The minimum Gasteiger partial charge on any atom is -0.469 e. The van der Waals surface area contributed by atoms with Crippen LogP contribution in [0.25, 0.3) is 0 Å². The molecule has 0 unspecified atom stereocenters. The molecule has 0 spiro atoms. The van der Waals surface area contributed by atoms with E-state index in [1.807, 2.05) is 35.2 Å². The lowest BCUT2D eigenvalue weighted by Crippen LogP contribution is -2.34. The zero-order valence-electron chi connectivity index (χ0n) is 13.7. The van der Waals surface area contributed by atoms with Crippen molar-refractivity contribution < 1.29 is 14.3 Å². The highest BCUT2D eigenvalue weighted by molar-refractivity contribution is 8.03. The molecule has 2 saturated heterocycles. The summed E-state index contributed by atoms with van der Waals surface area (Å²) in [7, 11) is 1.41. The molecule has 2 amide bonds. The predicted octanol–water partition coefficient (Wildman–Crippen LogP) is 2.92. The van der Waals surface area contributed by atoms with Crippen LogP contribution in [0.2, 0.25) is 0 Å². The first-order valence-electron chi connectivity index (χ1n) is 8.20. The van der Waals surface area contributed by atoms with E-state index in [-0.39, 0.29) is 24.1 Å². The van der Waals surface area contributed by atoms with Crippen LogP contribution in [0, 0.1) is 0 Å². The largest absolute Gasteiger partial charge is 0.469 e. The van der Waals surface area contributed by atoms with Gasteiger partial charge in [-0.15, -0.1) is 11.8 Å². The number of methoxy groups -OCH3 is 1. The molecule has 0 bridgehead atoms. The lowest BCUT2D eigenvalue weighted by Gasteiger charge is -2.23. The van der Waals surface area contributed by atoms with Gasteiger partial charge in [-0.05, 0) is 18.4 Å². The Morgan fingerprint density at radius 2 is 2.21 bits per heavy atom. The molecule has 1 N–H and O–H groups in total. The topological polar surface area (TPSA) is 58.6 Å². The third-order valence-corrected chi connectivity index (χ3v) is 5.63. The number of ether oxygens (including phenoxy) is 1. The summed E-state index contributed by atoms with van der Waals surface area (Å²) in [6.07, 6.45) is 4.21. The summed E-state index contributed by atoms with van der Waals surface area (Å²) >= 11 is 1.80. The number of allylic oxidation sites excluding steroid dienone is 1. The number of urea groups is 1. The highest BCUT2D eigenvalue weighted by atomic mass is 32.2. The molecule has 2 fully saturated rings. The van der Waals surface area contributed by atoms with E-state index in [1.165, 1.54) is 12.0 Å². The Balaban J connectivity index is 1.65. The van der Waals surface area contributed by atoms with E-state index < -0.39 is 0 Å². The molecule has 128 valence electrons. The van der Waals surface area contributed by atoms with Crippen molar-refractivity contribution in [1.29, 1.82) is 0 Å². The highest BCUT2D eigenvalue weighted by Crippen LogP contribution is 2.39. The second-order valence-corrected chi connectivity index (χ2v) is 7.09. The van der Waals surface area contributed by atoms with E-state index in [2.05, 4.69) is 16.1 Å². The van der Waals surface area contributed by atoms with Crippen LogP contribution in [0.5, 0.6) is 0 Å². The van der Waals surface area contributed by atoms with Gasteiger partial charge in [-0.25, -0.2) is 4.79 Å². The van der Waals surface area contributed by atoms with E-state index in [1.54, 1.807) is 11.8 Å². The average Bonchev–Trinajstić information content (AvgIpc) is 3.12. The third-order valence-electron chi connectivity index (χ3n) is 4.36. The lowest BCUT2D eigenvalue weighted by molar-refractivity contribution is -0.140. The van der Waals surface area contributed by atoms with Crippen LogP contribution in [-0.4, -0.2) is 41.8 Å². The maximum Gasteiger partial charge on any atom is 0.318 e. The summed E-state index contributed by atoms with van der Waals surface area (Å²) in [5.74, 6) is 0.735. The molecule has 5 nitrogen and oxygen atoms in total. The SMILES string of the molecule is COC(=O)CCCC=C1SC[C@@H]2NC(=O)N(Cc3ccccc3)[C@H]12. The number of fused-ring (bicyclic) bond motifs is 1. The molecule has 2 atom stereocenters. The summed E-state index contributed by atoms with van der Waals surface area (Å²) in [4.78, 5) is 26.6. The highest BCUT2D eigenvalue weighted by Gasteiger charge is 2.45. The van der Waals surface area contributed by atoms with E-state index in [4.69, 9.17) is 0 Å². The number of carbonyl (C=O) groups is 2. The van der Waals surface area contributed by atoms with Crippen molar-refractivity contribution in [3.8, 4) is 0 Å². The second kappa shape index (κ2) is 7.75. The zero-order chi connectivity index (χ0) is 16.9. The van der Waals surface area contributed by atoms with E-state index in [0.29, 0.717) is 13.0 Å². The minimum atomic E-state index is -0.172. The van der Waals surface area contributed by atoms with Crippen LogP contribution in [-0.2, 0) is 16.1 Å². The van der Waals surface area contributed by atoms with E-state index in [0.717, 1.165) is 24.2 Å². The number of hydrogen-bond donors (Lipinski definition) is 1. The summed E-state index contributed by atoms with van der Waals surface area (Å²) in [6, 6.07) is 10.4. The number of amides is 2. The Morgan fingerprint density at radius 3 is 2.96 bits per heavy atom. The molecular formula is C18H22N2O3S. The van der Waals surface area contributed by atoms with E-state index in [9.17, 15) is 9.59 Å². The molecule has 6 heteroatoms. The standard InChI is InChI=1S/C18H22N2O3S/c1-23-16(21)10-6-5-9-15-17-14(12-24-15)19-18(22)20(17)11-13-7-3-2-4-8-13/h2-4,7-9,14,17H,5-6,10-12H2,1H3,(H,19,22)/t14-,17-/m0/s1. The number of hydrogen-bond acceptors (Lipinski definition) is 4. The number of esters is 1. The second-order valence-electron chi connectivity index (χ2n) is 6.00. The quantitative estimate of drug-likeness (QED) is 0.489. The smallest absolute Gasteiger partial charge is 0.318 e. The molecule has 0 aromatic heterocycles. The van der Waals surface area contributed by atoms with Gasteiger partial charge in [0.2, 0.25) is 0 Å². The van der Waals surface area contributed by atoms with Gasteiger partial charge in [-0.3, -0.25) is 4.79 Å². The van der Waals surface area contributed by atoms with Crippen molar-refractivity contribution in [3.63, 3.8) is 0 Å². The molecule has 1 aromatic carbocycles. The van der Waals surface area contributed by atoms with Gasteiger partial charge in [-0.2, -0.15) is 0 Å². The Morgan fingerprint density at radius 1 is 1.42 bits per heavy atom. The maximum absolute atomic E-state index is 12.3. The Bertz CT molecular complexity index is 632. The Labute approximate surface area is 146 Å². The van der Waals surface area contributed by atoms with Crippen molar-refractivity contribution in [1.82, 2.24) is 10.2 Å². The fraction of sp³-hybridized carbons (Fsp3) is 0.444. The zero-order valence-corrected chi connectivity index (χ0v) is 14.6. The fourth-order valence-electron chi connectivity index (χ4n) is 3.14. The van der Waals surface area contributed by atoms with Crippen molar-refractivity contribution >= 4 is 23.8 Å². The first kappa shape index (κ1) is 16.9.